The van der Waals surface area contributed by atoms with Crippen molar-refractivity contribution in [2.45, 2.75) is 19.9 Å². The second-order valence-corrected chi connectivity index (χ2v) is 5.37. The number of halogens is 1. The van der Waals surface area contributed by atoms with Gasteiger partial charge in [0.15, 0.2) is 0 Å². The quantitative estimate of drug-likeness (QED) is 0.887. The molecule has 0 fully saturated rings. The highest BCUT2D eigenvalue weighted by Crippen LogP contribution is 2.19. The van der Waals surface area contributed by atoms with Gasteiger partial charge in [0.2, 0.25) is 5.91 Å². The molecule has 0 saturated carbocycles. The zero-order chi connectivity index (χ0) is 15.2. The van der Waals surface area contributed by atoms with Crippen LogP contribution in [0.5, 0.6) is 0 Å². The standard InChI is InChI=1S/C17H19ClN2O/c1-12-9-15(18)8-7-14(12)11-20-16-6-4-3-5-13(16)10-17(21)19-2/h3-9,20H,10-11H2,1-2H3,(H,19,21). The first-order chi connectivity index (χ1) is 10.1. The summed E-state index contributed by atoms with van der Waals surface area (Å²) in [5.74, 6) is 0.00641. The molecule has 2 aromatic carbocycles. The second kappa shape index (κ2) is 7.14. The van der Waals surface area contributed by atoms with Gasteiger partial charge in [0.05, 0.1) is 6.42 Å². The van der Waals surface area contributed by atoms with E-state index < -0.39 is 0 Å². The predicted molar refractivity (Wildman–Crippen MR) is 87.7 cm³/mol. The first kappa shape index (κ1) is 15.4. The molecule has 3 nitrogen and oxygen atoms in total. The molecule has 21 heavy (non-hydrogen) atoms. The van der Waals surface area contributed by atoms with Crippen molar-refractivity contribution in [1.29, 1.82) is 0 Å². The first-order valence-electron chi connectivity index (χ1n) is 6.87. The van der Waals surface area contributed by atoms with E-state index in [1.807, 2.05) is 49.4 Å². The topological polar surface area (TPSA) is 41.1 Å². The Morgan fingerprint density at radius 3 is 2.62 bits per heavy atom. The van der Waals surface area contributed by atoms with Crippen molar-refractivity contribution >= 4 is 23.2 Å². The van der Waals surface area contributed by atoms with Gasteiger partial charge in [-0.25, -0.2) is 0 Å². The highest BCUT2D eigenvalue weighted by molar-refractivity contribution is 6.30. The van der Waals surface area contributed by atoms with Crippen LogP contribution >= 0.6 is 11.6 Å². The summed E-state index contributed by atoms with van der Waals surface area (Å²) in [5.41, 5.74) is 4.31. The minimum absolute atomic E-state index is 0.00641. The van der Waals surface area contributed by atoms with Crippen molar-refractivity contribution in [1.82, 2.24) is 5.32 Å². The Morgan fingerprint density at radius 2 is 1.90 bits per heavy atom. The molecule has 0 aliphatic heterocycles. The summed E-state index contributed by atoms with van der Waals surface area (Å²) in [4.78, 5) is 11.5. The number of likely N-dealkylation sites (N-methyl/N-ethyl adjacent to an activating group) is 1. The Bertz CT molecular complexity index is 640. The summed E-state index contributed by atoms with van der Waals surface area (Å²) in [6.07, 6.45) is 0.374. The van der Waals surface area contributed by atoms with Crippen molar-refractivity contribution in [2.24, 2.45) is 0 Å². The van der Waals surface area contributed by atoms with Crippen LogP contribution in [0, 0.1) is 6.92 Å². The average molecular weight is 303 g/mol. The van der Waals surface area contributed by atoms with Crippen molar-refractivity contribution < 1.29 is 4.79 Å². The van der Waals surface area contributed by atoms with E-state index in [1.54, 1.807) is 7.05 Å². The summed E-state index contributed by atoms with van der Waals surface area (Å²) >= 11 is 5.97. The Hall–Kier alpha value is -2.00. The van der Waals surface area contributed by atoms with Crippen molar-refractivity contribution in [3.8, 4) is 0 Å². The van der Waals surface area contributed by atoms with Crippen LogP contribution in [0.15, 0.2) is 42.5 Å². The monoisotopic (exact) mass is 302 g/mol. The van der Waals surface area contributed by atoms with Gasteiger partial charge in [0.1, 0.15) is 0 Å². The molecular formula is C17H19ClN2O. The summed E-state index contributed by atoms with van der Waals surface area (Å²) in [7, 11) is 1.65. The van der Waals surface area contributed by atoms with E-state index in [4.69, 9.17) is 11.6 Å². The summed E-state index contributed by atoms with van der Waals surface area (Å²) in [5, 5.41) is 6.79. The van der Waals surface area contributed by atoms with Crippen LogP contribution in [0.4, 0.5) is 5.69 Å². The fourth-order valence-corrected chi connectivity index (χ4v) is 2.38. The van der Waals surface area contributed by atoms with E-state index in [9.17, 15) is 4.79 Å². The maximum atomic E-state index is 11.5. The maximum Gasteiger partial charge on any atom is 0.224 e. The van der Waals surface area contributed by atoms with Gasteiger partial charge in [-0.05, 0) is 41.8 Å². The number of para-hydroxylation sites is 1. The highest BCUT2D eigenvalue weighted by atomic mass is 35.5. The molecule has 1 amide bonds. The fourth-order valence-electron chi connectivity index (χ4n) is 2.16. The van der Waals surface area contributed by atoms with E-state index in [1.165, 1.54) is 5.56 Å². The Balaban J connectivity index is 2.11. The molecular weight excluding hydrogens is 284 g/mol. The van der Waals surface area contributed by atoms with Gasteiger partial charge >= 0.3 is 0 Å². The number of hydrogen-bond acceptors (Lipinski definition) is 2. The molecule has 0 heterocycles. The maximum absolute atomic E-state index is 11.5. The predicted octanol–water partition coefficient (Wildman–Crippen LogP) is 3.55. The summed E-state index contributed by atoms with van der Waals surface area (Å²) < 4.78 is 0. The van der Waals surface area contributed by atoms with Crippen molar-refractivity contribution in [3.63, 3.8) is 0 Å². The summed E-state index contributed by atoms with van der Waals surface area (Å²) in [6, 6.07) is 13.7. The first-order valence-corrected chi connectivity index (χ1v) is 7.25. The molecule has 2 aromatic rings. The lowest BCUT2D eigenvalue weighted by Crippen LogP contribution is -2.20. The lowest BCUT2D eigenvalue weighted by Gasteiger charge is -2.13. The third kappa shape index (κ3) is 4.23. The van der Waals surface area contributed by atoms with Crippen molar-refractivity contribution in [3.05, 3.63) is 64.2 Å². The number of carbonyl (C=O) groups excluding carboxylic acids is 1. The van der Waals surface area contributed by atoms with Crippen LogP contribution in [-0.2, 0) is 17.8 Å². The smallest absolute Gasteiger partial charge is 0.224 e. The van der Waals surface area contributed by atoms with Crippen LogP contribution < -0.4 is 10.6 Å². The molecule has 0 bridgehead atoms. The Labute approximate surface area is 130 Å². The third-order valence-electron chi connectivity index (χ3n) is 3.42. The normalized spacial score (nSPS) is 10.2. The number of benzene rings is 2. The molecule has 0 aromatic heterocycles. The largest absolute Gasteiger partial charge is 0.381 e. The number of rotatable bonds is 5. The molecule has 0 aliphatic carbocycles. The molecule has 110 valence electrons. The van der Waals surface area contributed by atoms with Crippen LogP contribution in [0.25, 0.3) is 0 Å². The molecule has 0 unspecified atom stereocenters. The lowest BCUT2D eigenvalue weighted by atomic mass is 10.1. The molecule has 0 saturated heterocycles. The zero-order valence-electron chi connectivity index (χ0n) is 12.2. The average Bonchev–Trinajstić information content (AvgIpc) is 2.47. The molecule has 2 N–H and O–H groups in total. The van der Waals surface area contributed by atoms with Gasteiger partial charge in [0, 0.05) is 24.3 Å². The van der Waals surface area contributed by atoms with Crippen molar-refractivity contribution in [2.75, 3.05) is 12.4 Å². The zero-order valence-corrected chi connectivity index (χ0v) is 13.0. The Kier molecular flexibility index (Phi) is 5.23. The molecule has 0 aliphatic rings. The van der Waals surface area contributed by atoms with E-state index in [0.717, 1.165) is 21.8 Å². The van der Waals surface area contributed by atoms with Crippen LogP contribution in [0.1, 0.15) is 16.7 Å². The lowest BCUT2D eigenvalue weighted by molar-refractivity contribution is -0.119. The second-order valence-electron chi connectivity index (χ2n) is 4.93. The third-order valence-corrected chi connectivity index (χ3v) is 3.66. The van der Waals surface area contributed by atoms with E-state index in [-0.39, 0.29) is 5.91 Å². The fraction of sp³-hybridized carbons (Fsp3) is 0.235. The van der Waals surface area contributed by atoms with E-state index in [2.05, 4.69) is 10.6 Å². The summed E-state index contributed by atoms with van der Waals surface area (Å²) in [6.45, 7) is 2.74. The SMILES string of the molecule is CNC(=O)Cc1ccccc1NCc1ccc(Cl)cc1C. The number of hydrogen-bond donors (Lipinski definition) is 2. The highest BCUT2D eigenvalue weighted by Gasteiger charge is 2.07. The van der Waals surface area contributed by atoms with E-state index >= 15 is 0 Å². The number of aryl methyl sites for hydroxylation is 1. The van der Waals surface area contributed by atoms with E-state index in [0.29, 0.717) is 13.0 Å². The van der Waals surface area contributed by atoms with Crippen LogP contribution in [-0.4, -0.2) is 13.0 Å². The molecule has 2 rings (SSSR count). The van der Waals surface area contributed by atoms with Gasteiger partial charge in [-0.1, -0.05) is 35.9 Å². The molecule has 0 spiro atoms. The van der Waals surface area contributed by atoms with Gasteiger partial charge in [-0.15, -0.1) is 0 Å². The molecule has 0 atom stereocenters. The minimum atomic E-state index is 0.00641. The molecule has 4 heteroatoms. The van der Waals surface area contributed by atoms with Gasteiger partial charge < -0.3 is 10.6 Å². The number of nitrogens with one attached hydrogen (secondary N) is 2. The van der Waals surface area contributed by atoms with Gasteiger partial charge in [-0.3, -0.25) is 4.79 Å². The van der Waals surface area contributed by atoms with Crippen LogP contribution in [0.2, 0.25) is 5.02 Å². The van der Waals surface area contributed by atoms with Crippen LogP contribution in [0.3, 0.4) is 0 Å². The minimum Gasteiger partial charge on any atom is -0.381 e. The van der Waals surface area contributed by atoms with Gasteiger partial charge in [-0.2, -0.15) is 0 Å². The molecule has 0 radical (unpaired) electrons. The van der Waals surface area contributed by atoms with Gasteiger partial charge in [0.25, 0.3) is 0 Å². The Morgan fingerprint density at radius 1 is 1.14 bits per heavy atom. The number of anilines is 1. The number of amides is 1. The number of carbonyl (C=O) groups is 1.